The number of aromatic nitrogens is 1. The van der Waals surface area contributed by atoms with Crippen LogP contribution < -0.4 is 0 Å². The van der Waals surface area contributed by atoms with Gasteiger partial charge in [-0.3, -0.25) is 4.79 Å². The van der Waals surface area contributed by atoms with E-state index >= 15 is 0 Å². The number of nitrogens with zero attached hydrogens (tertiary/aromatic N) is 1. The molecule has 1 aliphatic rings. The molecule has 5 heteroatoms. The lowest BCUT2D eigenvalue weighted by molar-refractivity contribution is -0.116. The van der Waals surface area contributed by atoms with Crippen molar-refractivity contribution in [2.45, 2.75) is 24.2 Å². The lowest BCUT2D eigenvalue weighted by Gasteiger charge is -2.33. The summed E-state index contributed by atoms with van der Waals surface area (Å²) >= 11 is 3.11. The Hall–Kier alpha value is -1.17. The Morgan fingerprint density at radius 2 is 2.30 bits per heavy atom. The highest BCUT2D eigenvalue weighted by Gasteiger charge is 2.42. The van der Waals surface area contributed by atoms with Crippen LogP contribution in [0.4, 0.5) is 0 Å². The summed E-state index contributed by atoms with van der Waals surface area (Å²) in [5, 5.41) is 11.6. The number of para-hydroxylation sites is 1. The number of hydrogen-bond acceptors (Lipinski definition) is 5. The quantitative estimate of drug-likeness (QED) is 0.946. The lowest BCUT2D eigenvalue weighted by Crippen LogP contribution is -2.39. The van der Waals surface area contributed by atoms with Crippen molar-refractivity contribution in [3.05, 3.63) is 41.4 Å². The number of rotatable bonds is 3. The molecule has 2 unspecified atom stereocenters. The van der Waals surface area contributed by atoms with Gasteiger partial charge in [0.2, 0.25) is 0 Å². The van der Waals surface area contributed by atoms with E-state index in [4.69, 9.17) is 0 Å². The van der Waals surface area contributed by atoms with Crippen LogP contribution in [0.15, 0.2) is 36.4 Å². The maximum Gasteiger partial charge on any atom is 0.156 e. The molecule has 1 heterocycles. The highest BCUT2D eigenvalue weighted by atomic mass is 32.2. The number of hydrogen-bond donors (Lipinski definition) is 1. The van der Waals surface area contributed by atoms with E-state index in [2.05, 4.69) is 4.98 Å². The molecule has 1 aromatic carbocycles. The second kappa shape index (κ2) is 5.31. The number of aliphatic hydroxyl groups is 1. The summed E-state index contributed by atoms with van der Waals surface area (Å²) in [5.41, 5.74) is -0.246. The van der Waals surface area contributed by atoms with Crippen LogP contribution in [-0.4, -0.2) is 26.9 Å². The van der Waals surface area contributed by atoms with E-state index in [1.165, 1.54) is 17.4 Å². The molecule has 2 aromatic rings. The monoisotopic (exact) mass is 305 g/mol. The summed E-state index contributed by atoms with van der Waals surface area (Å²) in [6, 6.07) is 7.85. The van der Waals surface area contributed by atoms with Crippen LogP contribution >= 0.6 is 23.1 Å². The molecular weight excluding hydrogens is 290 g/mol. The first-order chi connectivity index (χ1) is 9.63. The van der Waals surface area contributed by atoms with Crippen molar-refractivity contribution in [1.82, 2.24) is 4.98 Å². The fraction of sp³-hybridized carbons (Fsp3) is 0.333. The Morgan fingerprint density at radius 3 is 3.05 bits per heavy atom. The summed E-state index contributed by atoms with van der Waals surface area (Å²) in [4.78, 5) is 16.2. The molecule has 0 aliphatic heterocycles. The highest BCUT2D eigenvalue weighted by molar-refractivity contribution is 8.00. The molecule has 20 heavy (non-hydrogen) atoms. The van der Waals surface area contributed by atoms with Crippen LogP contribution in [0.25, 0.3) is 10.2 Å². The third-order valence-corrected chi connectivity index (χ3v) is 5.84. The standard InChI is InChI=1S/C15H15NO2S2/c1-2-19-13-9-10(17)7-8-15(13,18)14-16-11-5-3-4-6-12(11)20-14/h3-8,13,18H,2,9H2,1H3. The van der Waals surface area contributed by atoms with Crippen molar-refractivity contribution < 1.29 is 9.90 Å². The van der Waals surface area contributed by atoms with E-state index in [9.17, 15) is 9.90 Å². The normalized spacial score (nSPS) is 26.3. The van der Waals surface area contributed by atoms with Gasteiger partial charge >= 0.3 is 0 Å². The van der Waals surface area contributed by atoms with Gasteiger partial charge in [0.15, 0.2) is 5.78 Å². The third-order valence-electron chi connectivity index (χ3n) is 3.41. The van der Waals surface area contributed by atoms with Crippen LogP contribution in [0.3, 0.4) is 0 Å². The zero-order valence-electron chi connectivity index (χ0n) is 11.1. The second-order valence-corrected chi connectivity index (χ2v) is 7.27. The van der Waals surface area contributed by atoms with Gasteiger partial charge in [-0.05, 0) is 30.0 Å². The predicted octanol–water partition coefficient (Wildman–Crippen LogP) is 3.13. The molecule has 0 fully saturated rings. The maximum atomic E-state index is 11.6. The minimum Gasteiger partial charge on any atom is -0.377 e. The number of allylic oxidation sites excluding steroid dienone is 1. The van der Waals surface area contributed by atoms with Gasteiger partial charge in [-0.15, -0.1) is 11.3 Å². The second-order valence-electron chi connectivity index (χ2n) is 4.76. The fourth-order valence-electron chi connectivity index (χ4n) is 2.37. The van der Waals surface area contributed by atoms with Gasteiger partial charge in [-0.25, -0.2) is 4.98 Å². The van der Waals surface area contributed by atoms with Gasteiger partial charge in [0, 0.05) is 6.42 Å². The van der Waals surface area contributed by atoms with E-state index in [0.29, 0.717) is 11.4 Å². The molecule has 2 atom stereocenters. The number of carbonyl (C=O) groups excluding carboxylic acids is 1. The first kappa shape index (κ1) is 13.8. The Morgan fingerprint density at radius 1 is 1.50 bits per heavy atom. The summed E-state index contributed by atoms with van der Waals surface area (Å²) in [7, 11) is 0. The summed E-state index contributed by atoms with van der Waals surface area (Å²) in [5.74, 6) is 0.931. The van der Waals surface area contributed by atoms with Crippen molar-refractivity contribution >= 4 is 39.1 Å². The van der Waals surface area contributed by atoms with Crippen molar-refractivity contribution in [3.63, 3.8) is 0 Å². The van der Waals surface area contributed by atoms with E-state index in [-0.39, 0.29) is 11.0 Å². The molecule has 1 aliphatic carbocycles. The summed E-state index contributed by atoms with van der Waals surface area (Å²) < 4.78 is 1.06. The largest absolute Gasteiger partial charge is 0.377 e. The average molecular weight is 305 g/mol. The Bertz CT molecular complexity index is 646. The molecule has 1 N–H and O–H groups in total. The molecule has 0 spiro atoms. The SMILES string of the molecule is CCSC1CC(=O)C=CC1(O)c1nc2ccccc2s1. The third kappa shape index (κ3) is 2.30. The van der Waals surface area contributed by atoms with Gasteiger partial charge in [-0.2, -0.15) is 11.8 Å². The molecule has 0 radical (unpaired) electrons. The molecule has 1 aromatic heterocycles. The van der Waals surface area contributed by atoms with Gasteiger partial charge < -0.3 is 5.11 Å². The zero-order chi connectivity index (χ0) is 14.2. The molecule has 0 bridgehead atoms. The van der Waals surface area contributed by atoms with E-state index in [1.54, 1.807) is 17.8 Å². The smallest absolute Gasteiger partial charge is 0.156 e. The predicted molar refractivity (Wildman–Crippen MR) is 84.2 cm³/mol. The van der Waals surface area contributed by atoms with Crippen molar-refractivity contribution in [2.24, 2.45) is 0 Å². The topological polar surface area (TPSA) is 50.2 Å². The van der Waals surface area contributed by atoms with E-state index in [1.807, 2.05) is 31.2 Å². The average Bonchev–Trinajstić information content (AvgIpc) is 2.88. The molecule has 0 saturated carbocycles. The van der Waals surface area contributed by atoms with Crippen LogP contribution in [-0.2, 0) is 10.4 Å². The zero-order valence-corrected chi connectivity index (χ0v) is 12.7. The molecule has 0 saturated heterocycles. The Kier molecular flexibility index (Phi) is 3.67. The van der Waals surface area contributed by atoms with Crippen molar-refractivity contribution in [3.8, 4) is 0 Å². The molecule has 0 amide bonds. The number of fused-ring (bicyclic) bond motifs is 1. The van der Waals surface area contributed by atoms with Gasteiger partial charge in [0.25, 0.3) is 0 Å². The Balaban J connectivity index is 2.08. The van der Waals surface area contributed by atoms with Crippen LogP contribution in [0.2, 0.25) is 0 Å². The van der Waals surface area contributed by atoms with Crippen LogP contribution in [0.1, 0.15) is 18.4 Å². The minimum absolute atomic E-state index is 0.0711. The summed E-state index contributed by atoms with van der Waals surface area (Å²) in [6.07, 6.45) is 3.46. The summed E-state index contributed by atoms with van der Waals surface area (Å²) in [6.45, 7) is 2.03. The first-order valence-electron chi connectivity index (χ1n) is 6.55. The fourth-order valence-corrected chi connectivity index (χ4v) is 4.67. The molecule has 3 rings (SSSR count). The molecule has 104 valence electrons. The number of benzene rings is 1. The number of carbonyl (C=O) groups is 1. The van der Waals surface area contributed by atoms with Gasteiger partial charge in [0.1, 0.15) is 10.6 Å². The Labute approximate surface area is 125 Å². The van der Waals surface area contributed by atoms with E-state index in [0.717, 1.165) is 16.0 Å². The van der Waals surface area contributed by atoms with Gasteiger partial charge in [0.05, 0.1) is 15.5 Å². The lowest BCUT2D eigenvalue weighted by atomic mass is 9.90. The highest BCUT2D eigenvalue weighted by Crippen LogP contribution is 2.41. The first-order valence-corrected chi connectivity index (χ1v) is 8.42. The van der Waals surface area contributed by atoms with Crippen LogP contribution in [0, 0.1) is 0 Å². The minimum atomic E-state index is -1.14. The van der Waals surface area contributed by atoms with Crippen molar-refractivity contribution in [1.29, 1.82) is 0 Å². The van der Waals surface area contributed by atoms with E-state index < -0.39 is 5.60 Å². The number of thioether (sulfide) groups is 1. The van der Waals surface area contributed by atoms with Crippen LogP contribution in [0.5, 0.6) is 0 Å². The number of ketones is 1. The molecule has 3 nitrogen and oxygen atoms in total. The molecular formula is C15H15NO2S2. The van der Waals surface area contributed by atoms with Crippen molar-refractivity contribution in [2.75, 3.05) is 5.75 Å². The number of thiazole rings is 1. The maximum absolute atomic E-state index is 11.6. The van der Waals surface area contributed by atoms with Gasteiger partial charge in [-0.1, -0.05) is 19.1 Å².